The van der Waals surface area contributed by atoms with Gasteiger partial charge < -0.3 is 0 Å². The van der Waals surface area contributed by atoms with Crippen molar-refractivity contribution >= 4 is 20.2 Å². The highest BCUT2D eigenvalue weighted by molar-refractivity contribution is 7.87. The van der Waals surface area contributed by atoms with Crippen LogP contribution in [0.3, 0.4) is 0 Å². The summed E-state index contributed by atoms with van der Waals surface area (Å²) in [6, 6.07) is 5.72. The van der Waals surface area contributed by atoms with Gasteiger partial charge in [0.2, 0.25) is 0 Å². The van der Waals surface area contributed by atoms with Gasteiger partial charge in [0.15, 0.2) is 0 Å². The number of hydrogen-bond donors (Lipinski definition) is 0. The summed E-state index contributed by atoms with van der Waals surface area (Å²) in [5.41, 5.74) is -10.9. The standard InChI is InChI=1S/C16H20F6O6S2/c1-14(2,3)12-8-6-11(7-9-12)13(28-30(25,26)16(20,21)22)5-4-10-27-29(23,24)15(17,18)19/h6-9,13H,4-5,10H2,1-3H3. The van der Waals surface area contributed by atoms with Gasteiger partial charge in [-0.15, -0.1) is 0 Å². The van der Waals surface area contributed by atoms with Crippen molar-refractivity contribution in [3.05, 3.63) is 35.4 Å². The maximum Gasteiger partial charge on any atom is 0.523 e. The minimum atomic E-state index is -6.01. The van der Waals surface area contributed by atoms with Crippen LogP contribution in [-0.2, 0) is 34.0 Å². The second-order valence-corrected chi connectivity index (χ2v) is 10.4. The van der Waals surface area contributed by atoms with E-state index in [2.05, 4.69) is 8.37 Å². The van der Waals surface area contributed by atoms with Gasteiger partial charge in [-0.1, -0.05) is 45.0 Å². The van der Waals surface area contributed by atoms with Crippen LogP contribution in [0.5, 0.6) is 0 Å². The van der Waals surface area contributed by atoms with Gasteiger partial charge in [-0.05, 0) is 29.4 Å². The van der Waals surface area contributed by atoms with Gasteiger partial charge in [0.25, 0.3) is 0 Å². The number of hydrogen-bond acceptors (Lipinski definition) is 6. The molecule has 1 aromatic rings. The molecule has 0 N–H and O–H groups in total. The average molecular weight is 486 g/mol. The Bertz CT molecular complexity index is 913. The summed E-state index contributed by atoms with van der Waals surface area (Å²) in [6.45, 7) is 4.56. The van der Waals surface area contributed by atoms with E-state index in [0.29, 0.717) is 0 Å². The third-order valence-electron chi connectivity index (χ3n) is 3.81. The fourth-order valence-corrected chi connectivity index (χ4v) is 3.27. The molecule has 0 aliphatic rings. The molecule has 0 aliphatic carbocycles. The Balaban J connectivity index is 3.02. The monoisotopic (exact) mass is 486 g/mol. The summed E-state index contributed by atoms with van der Waals surface area (Å²) >= 11 is 0. The van der Waals surface area contributed by atoms with Crippen LogP contribution in [0.25, 0.3) is 0 Å². The first kappa shape index (κ1) is 26.7. The van der Waals surface area contributed by atoms with E-state index in [9.17, 15) is 43.2 Å². The van der Waals surface area contributed by atoms with Crippen molar-refractivity contribution in [3.8, 4) is 0 Å². The van der Waals surface area contributed by atoms with Crippen LogP contribution in [-0.4, -0.2) is 34.5 Å². The minimum absolute atomic E-state index is 0.00880. The minimum Gasteiger partial charge on any atom is -0.263 e. The average Bonchev–Trinajstić information content (AvgIpc) is 2.54. The summed E-state index contributed by atoms with van der Waals surface area (Å²) in [7, 11) is -11.9. The van der Waals surface area contributed by atoms with Crippen LogP contribution < -0.4 is 0 Å². The van der Waals surface area contributed by atoms with Gasteiger partial charge in [0.05, 0.1) is 6.61 Å². The molecule has 0 aliphatic heterocycles. The summed E-state index contributed by atoms with van der Waals surface area (Å²) < 4.78 is 127. The van der Waals surface area contributed by atoms with Gasteiger partial charge in [-0.2, -0.15) is 43.2 Å². The lowest BCUT2D eigenvalue weighted by Gasteiger charge is -2.22. The van der Waals surface area contributed by atoms with Crippen molar-refractivity contribution in [3.63, 3.8) is 0 Å². The molecular formula is C16H20F6O6S2. The maximum atomic E-state index is 12.7. The van der Waals surface area contributed by atoms with Crippen LogP contribution in [0.15, 0.2) is 24.3 Å². The van der Waals surface area contributed by atoms with E-state index in [1.54, 1.807) is 0 Å². The molecule has 0 heterocycles. The topological polar surface area (TPSA) is 86.7 Å². The van der Waals surface area contributed by atoms with Crippen LogP contribution in [0.1, 0.15) is 50.8 Å². The molecule has 1 atom stereocenters. The number of rotatable bonds is 8. The van der Waals surface area contributed by atoms with Gasteiger partial charge in [0.1, 0.15) is 6.10 Å². The predicted molar refractivity (Wildman–Crippen MR) is 94.1 cm³/mol. The third kappa shape index (κ3) is 7.10. The summed E-state index contributed by atoms with van der Waals surface area (Å²) in [6.07, 6.45) is -2.81. The lowest BCUT2D eigenvalue weighted by molar-refractivity contribution is -0.0585. The molecule has 14 heteroatoms. The number of alkyl halides is 6. The Kier molecular flexibility index (Phi) is 8.00. The van der Waals surface area contributed by atoms with E-state index in [4.69, 9.17) is 0 Å². The molecular weight excluding hydrogens is 466 g/mol. The Hall–Kier alpha value is -1.38. The molecule has 0 bridgehead atoms. The van der Waals surface area contributed by atoms with Crippen molar-refractivity contribution in [2.75, 3.05) is 6.61 Å². The van der Waals surface area contributed by atoms with Gasteiger partial charge in [0, 0.05) is 0 Å². The van der Waals surface area contributed by atoms with E-state index in [-0.39, 0.29) is 11.0 Å². The Morgan fingerprint density at radius 3 is 1.70 bits per heavy atom. The predicted octanol–water partition coefficient (Wildman–Crippen LogP) is 4.54. The highest BCUT2D eigenvalue weighted by atomic mass is 32.2. The molecule has 30 heavy (non-hydrogen) atoms. The first-order valence-corrected chi connectivity index (χ1v) is 11.2. The van der Waals surface area contributed by atoms with E-state index in [1.807, 2.05) is 20.8 Å². The lowest BCUT2D eigenvalue weighted by atomic mass is 9.86. The Morgan fingerprint density at radius 2 is 1.30 bits per heavy atom. The van der Waals surface area contributed by atoms with E-state index in [1.165, 1.54) is 24.3 Å². The van der Waals surface area contributed by atoms with Crippen molar-refractivity contribution in [2.45, 2.75) is 56.1 Å². The molecule has 0 aromatic heterocycles. The Morgan fingerprint density at radius 1 is 0.833 bits per heavy atom. The van der Waals surface area contributed by atoms with Crippen molar-refractivity contribution < 1.29 is 51.5 Å². The van der Waals surface area contributed by atoms with Gasteiger partial charge in [-0.3, -0.25) is 8.37 Å². The molecule has 0 fully saturated rings. The smallest absolute Gasteiger partial charge is 0.263 e. The zero-order valence-corrected chi connectivity index (χ0v) is 17.7. The molecule has 0 saturated carbocycles. The highest BCUT2D eigenvalue weighted by Crippen LogP contribution is 2.34. The first-order valence-electron chi connectivity index (χ1n) is 8.33. The zero-order chi connectivity index (χ0) is 23.6. The maximum absolute atomic E-state index is 12.7. The van der Waals surface area contributed by atoms with Gasteiger partial charge >= 0.3 is 31.3 Å². The molecule has 1 aromatic carbocycles. The summed E-state index contributed by atoms with van der Waals surface area (Å²) in [5, 5.41) is 0. The van der Waals surface area contributed by atoms with Crippen molar-refractivity contribution in [2.24, 2.45) is 0 Å². The molecule has 0 radical (unpaired) electrons. The normalized spacial score (nSPS) is 15.2. The molecule has 0 spiro atoms. The number of benzene rings is 1. The van der Waals surface area contributed by atoms with Crippen LogP contribution in [0, 0.1) is 0 Å². The second-order valence-electron chi connectivity index (χ2n) is 7.22. The molecule has 1 rings (SSSR count). The van der Waals surface area contributed by atoms with Gasteiger partial charge in [-0.25, -0.2) is 0 Å². The van der Waals surface area contributed by atoms with Crippen molar-refractivity contribution in [1.29, 1.82) is 0 Å². The third-order valence-corrected chi connectivity index (χ3v) is 5.90. The first-order chi connectivity index (χ1) is 13.3. The molecule has 0 saturated heterocycles. The van der Waals surface area contributed by atoms with Crippen molar-refractivity contribution in [1.82, 2.24) is 0 Å². The Labute approximate surface area is 170 Å². The fourth-order valence-electron chi connectivity index (χ4n) is 2.18. The zero-order valence-electron chi connectivity index (χ0n) is 16.0. The fraction of sp³-hybridized carbons (Fsp3) is 0.625. The van der Waals surface area contributed by atoms with Crippen LogP contribution in [0.2, 0.25) is 0 Å². The quantitative estimate of drug-likeness (QED) is 0.232. The van der Waals surface area contributed by atoms with Crippen LogP contribution in [0.4, 0.5) is 26.3 Å². The molecule has 0 amide bonds. The van der Waals surface area contributed by atoms with E-state index >= 15 is 0 Å². The lowest BCUT2D eigenvalue weighted by Crippen LogP contribution is -2.28. The van der Waals surface area contributed by atoms with Crippen LogP contribution >= 0.6 is 0 Å². The summed E-state index contributed by atoms with van der Waals surface area (Å²) in [4.78, 5) is 0. The molecule has 1 unspecified atom stereocenters. The number of halogens is 6. The SMILES string of the molecule is CC(C)(C)c1ccc(C(CCCOS(=O)(=O)C(F)(F)F)OS(=O)(=O)C(F)(F)F)cc1. The molecule has 174 valence electrons. The molecule has 6 nitrogen and oxygen atoms in total. The van der Waals surface area contributed by atoms with E-state index in [0.717, 1.165) is 5.56 Å². The summed E-state index contributed by atoms with van der Waals surface area (Å²) in [5.74, 6) is 0. The highest BCUT2D eigenvalue weighted by Gasteiger charge is 2.49. The second kappa shape index (κ2) is 9.01. The largest absolute Gasteiger partial charge is 0.523 e. The van der Waals surface area contributed by atoms with E-state index < -0.39 is 56.8 Å².